The lowest BCUT2D eigenvalue weighted by Crippen LogP contribution is -2.24. The molecule has 0 atom stereocenters. The van der Waals surface area contributed by atoms with Crippen LogP contribution in [0.2, 0.25) is 0 Å². The number of carbonyl (C=O) groups excluding carboxylic acids is 2. The van der Waals surface area contributed by atoms with Crippen LogP contribution in [0.1, 0.15) is 56.5 Å². The third-order valence-electron chi connectivity index (χ3n) is 4.34. The van der Waals surface area contributed by atoms with Crippen molar-refractivity contribution in [1.29, 1.82) is 0 Å². The number of hydrogen-bond acceptors (Lipinski definition) is 3. The average Bonchev–Trinajstić information content (AvgIpc) is 2.67. The largest absolute Gasteiger partial charge is 0.484 e. The molecule has 5 heteroatoms. The molecule has 0 unspecified atom stereocenters. The highest BCUT2D eigenvalue weighted by Gasteiger charge is 2.13. The first-order chi connectivity index (χ1) is 13.3. The van der Waals surface area contributed by atoms with Crippen LogP contribution in [0.15, 0.2) is 48.5 Å². The van der Waals surface area contributed by atoms with Gasteiger partial charge in [-0.05, 0) is 53.8 Å². The summed E-state index contributed by atoms with van der Waals surface area (Å²) in [6, 6.07) is 14.6. The smallest absolute Gasteiger partial charge is 0.262 e. The van der Waals surface area contributed by atoms with Crippen molar-refractivity contribution in [1.82, 2.24) is 5.32 Å². The van der Waals surface area contributed by atoms with Crippen LogP contribution < -0.4 is 15.4 Å². The molecule has 150 valence electrons. The number of anilines is 1. The van der Waals surface area contributed by atoms with Gasteiger partial charge in [0.25, 0.3) is 11.8 Å². The maximum absolute atomic E-state index is 12.1. The van der Waals surface area contributed by atoms with Gasteiger partial charge in [-0.25, -0.2) is 0 Å². The molecule has 2 rings (SSSR count). The summed E-state index contributed by atoms with van der Waals surface area (Å²) in [7, 11) is 0. The number of ether oxygens (including phenoxy) is 1. The van der Waals surface area contributed by atoms with Gasteiger partial charge < -0.3 is 15.4 Å². The zero-order chi connectivity index (χ0) is 20.6. The Kier molecular flexibility index (Phi) is 7.61. The third-order valence-corrected chi connectivity index (χ3v) is 4.34. The van der Waals surface area contributed by atoms with Crippen LogP contribution in [0, 0.1) is 0 Å². The van der Waals surface area contributed by atoms with E-state index in [4.69, 9.17) is 4.74 Å². The molecule has 28 heavy (non-hydrogen) atoms. The second-order valence-corrected chi connectivity index (χ2v) is 7.80. The summed E-state index contributed by atoms with van der Waals surface area (Å²) in [6.45, 7) is 9.12. The monoisotopic (exact) mass is 382 g/mol. The zero-order valence-corrected chi connectivity index (χ0v) is 17.2. The molecule has 0 bridgehead atoms. The summed E-state index contributed by atoms with van der Waals surface area (Å²) in [5.41, 5.74) is 2.49. The number of carbonyl (C=O) groups is 2. The molecular formula is C23H30N2O3. The molecule has 5 nitrogen and oxygen atoms in total. The van der Waals surface area contributed by atoms with Gasteiger partial charge in [-0.3, -0.25) is 9.59 Å². The predicted octanol–water partition coefficient (Wildman–Crippen LogP) is 4.53. The molecule has 2 N–H and O–H groups in total. The fourth-order valence-electron chi connectivity index (χ4n) is 2.58. The van der Waals surface area contributed by atoms with Crippen LogP contribution in [0.3, 0.4) is 0 Å². The summed E-state index contributed by atoms with van der Waals surface area (Å²) < 4.78 is 5.55. The molecule has 2 aromatic carbocycles. The molecule has 0 heterocycles. The van der Waals surface area contributed by atoms with Gasteiger partial charge in [0.1, 0.15) is 5.75 Å². The van der Waals surface area contributed by atoms with Gasteiger partial charge in [0.2, 0.25) is 0 Å². The van der Waals surface area contributed by atoms with E-state index < -0.39 is 0 Å². The van der Waals surface area contributed by atoms with Crippen LogP contribution in [0.4, 0.5) is 5.69 Å². The van der Waals surface area contributed by atoms with Crippen molar-refractivity contribution in [3.63, 3.8) is 0 Å². The van der Waals surface area contributed by atoms with E-state index in [0.29, 0.717) is 23.5 Å². The van der Waals surface area contributed by atoms with E-state index in [1.165, 1.54) is 5.56 Å². The Labute approximate surface area is 167 Å². The topological polar surface area (TPSA) is 67.4 Å². The maximum Gasteiger partial charge on any atom is 0.262 e. The van der Waals surface area contributed by atoms with Crippen LogP contribution in [0.25, 0.3) is 0 Å². The van der Waals surface area contributed by atoms with Gasteiger partial charge in [0.05, 0.1) is 0 Å². The Morgan fingerprint density at radius 3 is 2.18 bits per heavy atom. The normalized spacial score (nSPS) is 11.0. The third kappa shape index (κ3) is 6.72. The summed E-state index contributed by atoms with van der Waals surface area (Å²) in [5, 5.41) is 5.64. The maximum atomic E-state index is 12.1. The minimum absolute atomic E-state index is 0.0753. The lowest BCUT2D eigenvalue weighted by atomic mass is 9.87. The van der Waals surface area contributed by atoms with E-state index in [9.17, 15) is 9.59 Å². The molecule has 0 aliphatic carbocycles. The Morgan fingerprint density at radius 1 is 0.964 bits per heavy atom. The molecule has 0 fully saturated rings. The highest BCUT2D eigenvalue weighted by Crippen LogP contribution is 2.24. The first-order valence-corrected chi connectivity index (χ1v) is 9.71. The van der Waals surface area contributed by atoms with E-state index in [0.717, 1.165) is 12.8 Å². The number of rotatable bonds is 8. The summed E-state index contributed by atoms with van der Waals surface area (Å²) in [6.07, 6.45) is 1.99. The van der Waals surface area contributed by atoms with Crippen molar-refractivity contribution < 1.29 is 14.3 Å². The molecule has 0 aromatic heterocycles. The van der Waals surface area contributed by atoms with E-state index >= 15 is 0 Å². The second kappa shape index (κ2) is 9.93. The molecule has 2 aromatic rings. The fraction of sp³-hybridized carbons (Fsp3) is 0.391. The van der Waals surface area contributed by atoms with Crippen molar-refractivity contribution in [3.8, 4) is 5.75 Å². The molecule has 2 amide bonds. The van der Waals surface area contributed by atoms with Crippen molar-refractivity contribution in [2.24, 2.45) is 0 Å². The number of hydrogen-bond donors (Lipinski definition) is 2. The molecule has 0 aliphatic rings. The first kappa shape index (κ1) is 21.5. The van der Waals surface area contributed by atoms with Crippen molar-refractivity contribution in [2.45, 2.75) is 46.0 Å². The summed E-state index contributed by atoms with van der Waals surface area (Å²) in [5.74, 6) is 0.302. The van der Waals surface area contributed by atoms with Gasteiger partial charge in [-0.2, -0.15) is 0 Å². The minimum atomic E-state index is -0.250. The molecule has 0 saturated carbocycles. The van der Waals surface area contributed by atoms with Gasteiger partial charge in [-0.1, -0.05) is 46.2 Å². The van der Waals surface area contributed by atoms with E-state index in [1.807, 2.05) is 24.3 Å². The van der Waals surface area contributed by atoms with Gasteiger partial charge in [-0.15, -0.1) is 0 Å². The van der Waals surface area contributed by atoms with Crippen LogP contribution in [-0.4, -0.2) is 25.0 Å². The number of nitrogens with one attached hydrogen (secondary N) is 2. The SMILES string of the molecule is CCCCNC(=O)c1ccc(NC(=O)COc2ccc(C(C)(C)C)cc2)cc1. The second-order valence-electron chi connectivity index (χ2n) is 7.80. The van der Waals surface area contributed by atoms with Gasteiger partial charge in [0, 0.05) is 17.8 Å². The van der Waals surface area contributed by atoms with Gasteiger partial charge >= 0.3 is 0 Å². The molecule has 0 aliphatic heterocycles. The van der Waals surface area contributed by atoms with Crippen LogP contribution in [0.5, 0.6) is 5.75 Å². The summed E-state index contributed by atoms with van der Waals surface area (Å²) >= 11 is 0. The fourth-order valence-corrected chi connectivity index (χ4v) is 2.58. The molecule has 0 saturated heterocycles. The van der Waals surface area contributed by atoms with Crippen LogP contribution in [-0.2, 0) is 10.2 Å². The van der Waals surface area contributed by atoms with E-state index in [-0.39, 0.29) is 23.8 Å². The Bertz CT molecular complexity index is 775. The van der Waals surface area contributed by atoms with Crippen molar-refractivity contribution in [2.75, 3.05) is 18.5 Å². The van der Waals surface area contributed by atoms with Crippen molar-refractivity contribution in [3.05, 3.63) is 59.7 Å². The van der Waals surface area contributed by atoms with Crippen molar-refractivity contribution >= 4 is 17.5 Å². The predicted molar refractivity (Wildman–Crippen MR) is 113 cm³/mol. The molecular weight excluding hydrogens is 352 g/mol. The quantitative estimate of drug-likeness (QED) is 0.659. The minimum Gasteiger partial charge on any atom is -0.484 e. The standard InChI is InChI=1S/C23H30N2O3/c1-5-6-15-24-22(27)17-7-11-19(12-8-17)25-21(26)16-28-20-13-9-18(10-14-20)23(2,3)4/h7-14H,5-6,15-16H2,1-4H3,(H,24,27)(H,25,26). The lowest BCUT2D eigenvalue weighted by molar-refractivity contribution is -0.118. The van der Waals surface area contributed by atoms with E-state index in [2.05, 4.69) is 38.3 Å². The molecule has 0 spiro atoms. The zero-order valence-electron chi connectivity index (χ0n) is 17.2. The van der Waals surface area contributed by atoms with Gasteiger partial charge in [0.15, 0.2) is 6.61 Å². The highest BCUT2D eigenvalue weighted by molar-refractivity contribution is 5.96. The van der Waals surface area contributed by atoms with E-state index in [1.54, 1.807) is 24.3 Å². The highest BCUT2D eigenvalue weighted by atomic mass is 16.5. The Balaban J connectivity index is 1.82. The molecule has 0 radical (unpaired) electrons. The average molecular weight is 383 g/mol. The van der Waals surface area contributed by atoms with Crippen LogP contribution >= 0.6 is 0 Å². The lowest BCUT2D eigenvalue weighted by Gasteiger charge is -2.19. The number of amides is 2. The Morgan fingerprint density at radius 2 is 1.61 bits per heavy atom. The number of benzene rings is 2. The Hall–Kier alpha value is -2.82. The number of unbranched alkanes of at least 4 members (excludes halogenated alkanes) is 1. The first-order valence-electron chi connectivity index (χ1n) is 9.71. The summed E-state index contributed by atoms with van der Waals surface area (Å²) in [4.78, 5) is 24.1.